The first kappa shape index (κ1) is 12.2. The second-order valence-electron chi connectivity index (χ2n) is 4.92. The van der Waals surface area contributed by atoms with E-state index in [2.05, 4.69) is 17.2 Å². The summed E-state index contributed by atoms with van der Waals surface area (Å²) in [5.41, 5.74) is 1.15. The summed E-state index contributed by atoms with van der Waals surface area (Å²) < 4.78 is 0. The Balaban J connectivity index is 1.92. The molecular formula is C13H20N2O2. The van der Waals surface area contributed by atoms with Crippen molar-refractivity contribution in [2.45, 2.75) is 45.2 Å². The molecule has 2 atom stereocenters. The van der Waals surface area contributed by atoms with E-state index in [0.717, 1.165) is 5.69 Å². The van der Waals surface area contributed by atoms with Crippen LogP contribution in [0.15, 0.2) is 12.3 Å². The Morgan fingerprint density at radius 3 is 3.00 bits per heavy atom. The van der Waals surface area contributed by atoms with E-state index in [1.807, 2.05) is 0 Å². The Morgan fingerprint density at radius 1 is 1.53 bits per heavy atom. The Labute approximate surface area is 101 Å². The summed E-state index contributed by atoms with van der Waals surface area (Å²) in [6.45, 7) is 2.88. The largest absolute Gasteiger partial charge is 0.478 e. The molecule has 1 fully saturated rings. The van der Waals surface area contributed by atoms with Crippen molar-refractivity contribution in [2.75, 3.05) is 0 Å². The summed E-state index contributed by atoms with van der Waals surface area (Å²) in [5, 5.41) is 12.5. The summed E-state index contributed by atoms with van der Waals surface area (Å²) >= 11 is 0. The van der Waals surface area contributed by atoms with Crippen LogP contribution in [-0.4, -0.2) is 22.1 Å². The van der Waals surface area contributed by atoms with Gasteiger partial charge in [0.05, 0.1) is 5.56 Å². The molecule has 1 aromatic rings. The van der Waals surface area contributed by atoms with Crippen LogP contribution in [0.1, 0.15) is 48.7 Å². The van der Waals surface area contributed by atoms with Gasteiger partial charge < -0.3 is 15.4 Å². The zero-order valence-electron chi connectivity index (χ0n) is 10.2. The Morgan fingerprint density at radius 2 is 2.29 bits per heavy atom. The summed E-state index contributed by atoms with van der Waals surface area (Å²) in [5.74, 6) is -0.174. The Kier molecular flexibility index (Phi) is 3.84. The minimum atomic E-state index is -0.861. The maximum Gasteiger partial charge on any atom is 0.337 e. The van der Waals surface area contributed by atoms with Gasteiger partial charge in [0, 0.05) is 24.5 Å². The highest BCUT2D eigenvalue weighted by atomic mass is 16.4. The van der Waals surface area contributed by atoms with Crippen molar-refractivity contribution in [1.29, 1.82) is 0 Å². The first-order valence-electron chi connectivity index (χ1n) is 6.31. The standard InChI is InChI=1S/C13H20N2O2/c1-9-4-2-3-5-11(9)15-8-12-10(13(16)17)6-7-14-12/h6-7,9,11,14-15H,2-5,8H2,1H3,(H,16,17). The molecule has 1 aliphatic rings. The van der Waals surface area contributed by atoms with Gasteiger partial charge in [-0.25, -0.2) is 4.79 Å². The molecule has 17 heavy (non-hydrogen) atoms. The van der Waals surface area contributed by atoms with Gasteiger partial charge in [-0.2, -0.15) is 0 Å². The van der Waals surface area contributed by atoms with E-state index in [0.29, 0.717) is 24.1 Å². The molecule has 3 N–H and O–H groups in total. The number of H-pyrrole nitrogens is 1. The number of rotatable bonds is 4. The van der Waals surface area contributed by atoms with Crippen molar-refractivity contribution >= 4 is 5.97 Å². The highest BCUT2D eigenvalue weighted by molar-refractivity contribution is 5.88. The molecule has 4 nitrogen and oxygen atoms in total. The van der Waals surface area contributed by atoms with Crippen molar-refractivity contribution < 1.29 is 9.90 Å². The number of carboxylic acids is 1. The molecule has 1 aromatic heterocycles. The maximum atomic E-state index is 11.0. The molecule has 2 rings (SSSR count). The van der Waals surface area contributed by atoms with Crippen LogP contribution in [-0.2, 0) is 6.54 Å². The molecule has 94 valence electrons. The lowest BCUT2D eigenvalue weighted by molar-refractivity contribution is 0.0695. The van der Waals surface area contributed by atoms with Crippen molar-refractivity contribution in [2.24, 2.45) is 5.92 Å². The molecule has 0 saturated heterocycles. The number of hydrogen-bond acceptors (Lipinski definition) is 2. The van der Waals surface area contributed by atoms with Gasteiger partial charge in [-0.05, 0) is 24.8 Å². The first-order valence-corrected chi connectivity index (χ1v) is 6.31. The minimum absolute atomic E-state index is 0.376. The number of aromatic nitrogens is 1. The molecule has 0 aliphatic heterocycles. The molecule has 0 bridgehead atoms. The summed E-state index contributed by atoms with van der Waals surface area (Å²) in [7, 11) is 0. The lowest BCUT2D eigenvalue weighted by atomic mass is 9.86. The van der Waals surface area contributed by atoms with Gasteiger partial charge in [0.1, 0.15) is 0 Å². The number of carboxylic acid groups (broad SMARTS) is 1. The van der Waals surface area contributed by atoms with E-state index >= 15 is 0 Å². The average molecular weight is 236 g/mol. The van der Waals surface area contributed by atoms with E-state index < -0.39 is 5.97 Å². The average Bonchev–Trinajstić information content (AvgIpc) is 2.76. The topological polar surface area (TPSA) is 65.1 Å². The van der Waals surface area contributed by atoms with Crippen LogP contribution in [0.3, 0.4) is 0 Å². The summed E-state index contributed by atoms with van der Waals surface area (Å²) in [6, 6.07) is 2.14. The van der Waals surface area contributed by atoms with Crippen LogP contribution >= 0.6 is 0 Å². The lowest BCUT2D eigenvalue weighted by Crippen LogP contribution is -2.37. The monoisotopic (exact) mass is 236 g/mol. The molecule has 4 heteroatoms. The van der Waals surface area contributed by atoms with Gasteiger partial charge in [0.25, 0.3) is 0 Å². The fraction of sp³-hybridized carbons (Fsp3) is 0.615. The van der Waals surface area contributed by atoms with Crippen LogP contribution in [0.25, 0.3) is 0 Å². The molecule has 1 saturated carbocycles. The molecule has 0 radical (unpaired) electrons. The van der Waals surface area contributed by atoms with E-state index in [1.165, 1.54) is 25.7 Å². The first-order chi connectivity index (χ1) is 8.18. The second kappa shape index (κ2) is 5.36. The third kappa shape index (κ3) is 2.88. The molecule has 1 aliphatic carbocycles. The third-order valence-electron chi connectivity index (χ3n) is 3.72. The highest BCUT2D eigenvalue weighted by Crippen LogP contribution is 2.24. The zero-order chi connectivity index (χ0) is 12.3. The van der Waals surface area contributed by atoms with Crippen LogP contribution in [0.2, 0.25) is 0 Å². The summed E-state index contributed by atoms with van der Waals surface area (Å²) in [6.07, 6.45) is 6.75. The third-order valence-corrected chi connectivity index (χ3v) is 3.72. The maximum absolute atomic E-state index is 11.0. The van der Waals surface area contributed by atoms with Crippen LogP contribution in [0.5, 0.6) is 0 Å². The van der Waals surface area contributed by atoms with Gasteiger partial charge >= 0.3 is 5.97 Å². The van der Waals surface area contributed by atoms with Crippen LogP contribution in [0, 0.1) is 5.92 Å². The van der Waals surface area contributed by atoms with E-state index in [-0.39, 0.29) is 0 Å². The predicted molar refractivity (Wildman–Crippen MR) is 66.0 cm³/mol. The van der Waals surface area contributed by atoms with Gasteiger partial charge in [-0.1, -0.05) is 19.8 Å². The smallest absolute Gasteiger partial charge is 0.337 e. The van der Waals surface area contributed by atoms with Crippen LogP contribution in [0.4, 0.5) is 0 Å². The zero-order valence-corrected chi connectivity index (χ0v) is 10.2. The molecule has 0 aromatic carbocycles. The Bertz CT molecular complexity index is 387. The highest BCUT2D eigenvalue weighted by Gasteiger charge is 2.21. The SMILES string of the molecule is CC1CCCCC1NCc1[nH]ccc1C(=O)O. The number of carbonyl (C=O) groups is 1. The van der Waals surface area contributed by atoms with Gasteiger partial charge in [0.2, 0.25) is 0 Å². The molecular weight excluding hydrogens is 216 g/mol. The van der Waals surface area contributed by atoms with Crippen molar-refractivity contribution in [3.8, 4) is 0 Å². The van der Waals surface area contributed by atoms with Gasteiger partial charge in [-0.3, -0.25) is 0 Å². The van der Waals surface area contributed by atoms with Crippen molar-refractivity contribution in [3.63, 3.8) is 0 Å². The molecule has 0 spiro atoms. The number of hydrogen-bond donors (Lipinski definition) is 3. The quantitative estimate of drug-likeness (QED) is 0.752. The minimum Gasteiger partial charge on any atom is -0.478 e. The second-order valence-corrected chi connectivity index (χ2v) is 4.92. The van der Waals surface area contributed by atoms with Gasteiger partial charge in [0.15, 0.2) is 0 Å². The number of nitrogens with one attached hydrogen (secondary N) is 2. The Hall–Kier alpha value is -1.29. The van der Waals surface area contributed by atoms with Crippen molar-refractivity contribution in [1.82, 2.24) is 10.3 Å². The van der Waals surface area contributed by atoms with Crippen LogP contribution < -0.4 is 5.32 Å². The normalized spacial score (nSPS) is 24.8. The van der Waals surface area contributed by atoms with Crippen molar-refractivity contribution in [3.05, 3.63) is 23.5 Å². The van der Waals surface area contributed by atoms with E-state index in [1.54, 1.807) is 12.3 Å². The fourth-order valence-corrected chi connectivity index (χ4v) is 2.60. The molecule has 0 amide bonds. The number of aromatic carboxylic acids is 1. The molecule has 1 heterocycles. The van der Waals surface area contributed by atoms with E-state index in [4.69, 9.17) is 5.11 Å². The summed E-state index contributed by atoms with van der Waals surface area (Å²) in [4.78, 5) is 13.9. The molecule has 2 unspecified atom stereocenters. The predicted octanol–water partition coefficient (Wildman–Crippen LogP) is 2.38. The van der Waals surface area contributed by atoms with Gasteiger partial charge in [-0.15, -0.1) is 0 Å². The number of aromatic amines is 1. The van der Waals surface area contributed by atoms with E-state index in [9.17, 15) is 4.79 Å². The lowest BCUT2D eigenvalue weighted by Gasteiger charge is -2.29. The fourth-order valence-electron chi connectivity index (χ4n) is 2.60.